The van der Waals surface area contributed by atoms with Crippen LogP contribution in [0.3, 0.4) is 0 Å². The number of furan rings is 1. The molecule has 2 atom stereocenters. The standard InChI is InChI=1S/C15H15NO5/c1-20-15(19)12-6-9(17)7-16(12)14(18)11-8-21-13-5-3-2-4-10(11)13/h2-5,8-9,12,17H,6-7H2,1H3. The Morgan fingerprint density at radius 1 is 1.38 bits per heavy atom. The largest absolute Gasteiger partial charge is 0.467 e. The van der Waals surface area contributed by atoms with Crippen molar-refractivity contribution >= 4 is 22.8 Å². The smallest absolute Gasteiger partial charge is 0.328 e. The summed E-state index contributed by atoms with van der Waals surface area (Å²) >= 11 is 0. The van der Waals surface area contributed by atoms with Crippen LogP contribution in [0.15, 0.2) is 34.9 Å². The molecule has 6 nitrogen and oxygen atoms in total. The summed E-state index contributed by atoms with van der Waals surface area (Å²) in [6, 6.07) is 6.42. The monoisotopic (exact) mass is 289 g/mol. The van der Waals surface area contributed by atoms with E-state index in [9.17, 15) is 14.7 Å². The van der Waals surface area contributed by atoms with E-state index in [0.29, 0.717) is 16.5 Å². The zero-order valence-corrected chi connectivity index (χ0v) is 11.5. The Balaban J connectivity index is 1.95. The number of β-amino-alcohol motifs (C(OH)–C–C–N with tert-alkyl or cyclic N) is 1. The number of likely N-dealkylation sites (tertiary alicyclic amines) is 1. The molecule has 0 radical (unpaired) electrons. The molecule has 1 saturated heterocycles. The molecule has 6 heteroatoms. The fourth-order valence-corrected chi connectivity index (χ4v) is 2.70. The molecule has 1 aromatic carbocycles. The van der Waals surface area contributed by atoms with Crippen LogP contribution in [-0.2, 0) is 9.53 Å². The Morgan fingerprint density at radius 3 is 2.90 bits per heavy atom. The number of aliphatic hydroxyl groups is 1. The fraction of sp³-hybridized carbons (Fsp3) is 0.333. The molecule has 21 heavy (non-hydrogen) atoms. The SMILES string of the molecule is COC(=O)C1CC(O)CN1C(=O)c1coc2ccccc12. The van der Waals surface area contributed by atoms with Gasteiger partial charge in [-0.3, -0.25) is 4.79 Å². The van der Waals surface area contributed by atoms with Crippen LogP contribution in [0.5, 0.6) is 0 Å². The molecule has 1 fully saturated rings. The second kappa shape index (κ2) is 5.21. The first-order chi connectivity index (χ1) is 10.1. The van der Waals surface area contributed by atoms with Crippen molar-refractivity contribution in [3.05, 3.63) is 36.1 Å². The van der Waals surface area contributed by atoms with Gasteiger partial charge in [0.2, 0.25) is 0 Å². The zero-order valence-electron chi connectivity index (χ0n) is 11.5. The molecule has 2 unspecified atom stereocenters. The van der Waals surface area contributed by atoms with Crippen molar-refractivity contribution in [2.45, 2.75) is 18.6 Å². The van der Waals surface area contributed by atoms with Crippen LogP contribution in [0, 0.1) is 0 Å². The maximum Gasteiger partial charge on any atom is 0.328 e. The maximum absolute atomic E-state index is 12.6. The van der Waals surface area contributed by atoms with E-state index >= 15 is 0 Å². The van der Waals surface area contributed by atoms with E-state index in [1.54, 1.807) is 12.1 Å². The molecule has 0 bridgehead atoms. The van der Waals surface area contributed by atoms with Crippen molar-refractivity contribution in [1.82, 2.24) is 4.90 Å². The third-order valence-electron chi connectivity index (χ3n) is 3.72. The van der Waals surface area contributed by atoms with Gasteiger partial charge in [0.05, 0.1) is 18.8 Å². The first-order valence-corrected chi connectivity index (χ1v) is 6.65. The molecule has 1 aromatic heterocycles. The highest BCUT2D eigenvalue weighted by atomic mass is 16.5. The van der Waals surface area contributed by atoms with Gasteiger partial charge in [0.15, 0.2) is 0 Å². The molecule has 2 aromatic rings. The van der Waals surface area contributed by atoms with Gasteiger partial charge in [-0.15, -0.1) is 0 Å². The highest BCUT2D eigenvalue weighted by Crippen LogP contribution is 2.26. The normalized spacial score (nSPS) is 21.7. The molecule has 110 valence electrons. The summed E-state index contributed by atoms with van der Waals surface area (Å²) < 4.78 is 10.1. The summed E-state index contributed by atoms with van der Waals surface area (Å²) in [7, 11) is 1.27. The maximum atomic E-state index is 12.6. The van der Waals surface area contributed by atoms with Gasteiger partial charge in [-0.2, -0.15) is 0 Å². The molecular weight excluding hydrogens is 274 g/mol. The predicted octanol–water partition coefficient (Wildman–Crippen LogP) is 1.18. The molecule has 1 N–H and O–H groups in total. The summed E-state index contributed by atoms with van der Waals surface area (Å²) in [5, 5.41) is 10.4. The highest BCUT2D eigenvalue weighted by molar-refractivity contribution is 6.07. The number of carbonyl (C=O) groups is 2. The number of fused-ring (bicyclic) bond motifs is 1. The van der Waals surface area contributed by atoms with Gasteiger partial charge in [-0.1, -0.05) is 18.2 Å². The summed E-state index contributed by atoms with van der Waals surface area (Å²) in [4.78, 5) is 25.7. The van der Waals surface area contributed by atoms with E-state index in [1.165, 1.54) is 18.3 Å². The van der Waals surface area contributed by atoms with Crippen molar-refractivity contribution < 1.29 is 23.8 Å². The summed E-state index contributed by atoms with van der Waals surface area (Å²) in [6.07, 6.45) is 0.844. The van der Waals surface area contributed by atoms with Crippen LogP contribution >= 0.6 is 0 Å². The number of benzene rings is 1. The minimum atomic E-state index is -0.758. The average molecular weight is 289 g/mol. The number of esters is 1. The molecular formula is C15H15NO5. The topological polar surface area (TPSA) is 80.0 Å². The molecule has 0 saturated carbocycles. The van der Waals surface area contributed by atoms with Crippen molar-refractivity contribution in [2.24, 2.45) is 0 Å². The van der Waals surface area contributed by atoms with Crippen LogP contribution in [-0.4, -0.2) is 47.7 Å². The molecule has 3 rings (SSSR count). The Kier molecular flexibility index (Phi) is 3.39. The molecule has 2 heterocycles. The van der Waals surface area contributed by atoms with Gasteiger partial charge in [-0.05, 0) is 6.07 Å². The molecule has 1 aliphatic rings. The lowest BCUT2D eigenvalue weighted by Gasteiger charge is -2.21. The quantitative estimate of drug-likeness (QED) is 0.840. The average Bonchev–Trinajstić information content (AvgIpc) is 3.09. The summed E-state index contributed by atoms with van der Waals surface area (Å²) in [5.74, 6) is -0.861. The number of amides is 1. The number of nitrogens with zero attached hydrogens (tertiary/aromatic N) is 1. The van der Waals surface area contributed by atoms with Crippen LogP contribution in [0.2, 0.25) is 0 Å². The van der Waals surface area contributed by atoms with E-state index in [1.807, 2.05) is 12.1 Å². The van der Waals surface area contributed by atoms with E-state index < -0.39 is 18.1 Å². The number of hydrogen-bond acceptors (Lipinski definition) is 5. The lowest BCUT2D eigenvalue weighted by molar-refractivity contribution is -0.145. The van der Waals surface area contributed by atoms with Gasteiger partial charge < -0.3 is 19.2 Å². The Hall–Kier alpha value is -2.34. The number of methoxy groups -OCH3 is 1. The van der Waals surface area contributed by atoms with Crippen molar-refractivity contribution in [3.8, 4) is 0 Å². The second-order valence-corrected chi connectivity index (χ2v) is 5.03. The highest BCUT2D eigenvalue weighted by Gasteiger charge is 2.40. The Bertz CT molecular complexity index is 692. The third kappa shape index (κ3) is 2.27. The lowest BCUT2D eigenvalue weighted by atomic mass is 10.1. The van der Waals surface area contributed by atoms with Crippen LogP contribution < -0.4 is 0 Å². The molecule has 1 amide bonds. The second-order valence-electron chi connectivity index (χ2n) is 5.03. The molecule has 0 aliphatic carbocycles. The number of aliphatic hydroxyl groups excluding tert-OH is 1. The Labute approximate surface area is 120 Å². The summed E-state index contributed by atoms with van der Waals surface area (Å²) in [6.45, 7) is 0.109. The van der Waals surface area contributed by atoms with Crippen LogP contribution in [0.4, 0.5) is 0 Å². The number of carbonyl (C=O) groups excluding carboxylic acids is 2. The van der Waals surface area contributed by atoms with Crippen LogP contribution in [0.1, 0.15) is 16.8 Å². The lowest BCUT2D eigenvalue weighted by Crippen LogP contribution is -2.41. The number of hydrogen-bond donors (Lipinski definition) is 1. The van der Waals surface area contributed by atoms with Crippen molar-refractivity contribution in [1.29, 1.82) is 0 Å². The number of rotatable bonds is 2. The number of para-hydroxylation sites is 1. The van der Waals surface area contributed by atoms with Gasteiger partial charge in [0.1, 0.15) is 17.9 Å². The minimum Gasteiger partial charge on any atom is -0.467 e. The zero-order chi connectivity index (χ0) is 15.0. The molecule has 1 aliphatic heterocycles. The van der Waals surface area contributed by atoms with Crippen molar-refractivity contribution in [2.75, 3.05) is 13.7 Å². The van der Waals surface area contributed by atoms with E-state index in [4.69, 9.17) is 9.15 Å². The third-order valence-corrected chi connectivity index (χ3v) is 3.72. The van der Waals surface area contributed by atoms with Gasteiger partial charge in [0.25, 0.3) is 5.91 Å². The van der Waals surface area contributed by atoms with E-state index in [2.05, 4.69) is 0 Å². The van der Waals surface area contributed by atoms with Gasteiger partial charge in [0, 0.05) is 18.4 Å². The minimum absolute atomic E-state index is 0.109. The molecule has 0 spiro atoms. The van der Waals surface area contributed by atoms with E-state index in [0.717, 1.165) is 0 Å². The van der Waals surface area contributed by atoms with Crippen LogP contribution in [0.25, 0.3) is 11.0 Å². The van der Waals surface area contributed by atoms with E-state index in [-0.39, 0.29) is 18.9 Å². The van der Waals surface area contributed by atoms with Gasteiger partial charge in [-0.25, -0.2) is 4.79 Å². The first-order valence-electron chi connectivity index (χ1n) is 6.65. The predicted molar refractivity (Wildman–Crippen MR) is 73.7 cm³/mol. The first kappa shape index (κ1) is 13.6. The summed E-state index contributed by atoms with van der Waals surface area (Å²) in [5.41, 5.74) is 0.990. The van der Waals surface area contributed by atoms with Gasteiger partial charge >= 0.3 is 5.97 Å². The Morgan fingerprint density at radius 2 is 2.14 bits per heavy atom. The fourth-order valence-electron chi connectivity index (χ4n) is 2.70. The number of ether oxygens (including phenoxy) is 1. The van der Waals surface area contributed by atoms with Crippen molar-refractivity contribution in [3.63, 3.8) is 0 Å².